The van der Waals surface area contributed by atoms with Gasteiger partial charge in [0.15, 0.2) is 6.10 Å². The second kappa shape index (κ2) is 8.15. The second-order valence-corrected chi connectivity index (χ2v) is 6.69. The highest BCUT2D eigenvalue weighted by molar-refractivity contribution is 7.98. The molecule has 0 unspecified atom stereocenters. The Morgan fingerprint density at radius 2 is 2.08 bits per heavy atom. The molecule has 8 heteroatoms. The van der Waals surface area contributed by atoms with Crippen LogP contribution in [-0.2, 0) is 15.3 Å². The van der Waals surface area contributed by atoms with Gasteiger partial charge in [-0.3, -0.25) is 4.79 Å². The number of rotatable bonds is 6. The lowest BCUT2D eigenvalue weighted by molar-refractivity contribution is -0.137. The van der Waals surface area contributed by atoms with Crippen LogP contribution in [0, 0.1) is 13.8 Å². The summed E-state index contributed by atoms with van der Waals surface area (Å²) in [6, 6.07) is 3.30. The van der Waals surface area contributed by atoms with Crippen LogP contribution in [0.2, 0.25) is 0 Å². The van der Waals surface area contributed by atoms with E-state index in [1.54, 1.807) is 39.3 Å². The van der Waals surface area contributed by atoms with Crippen molar-refractivity contribution in [2.75, 3.05) is 14.1 Å². The lowest BCUT2D eigenvalue weighted by Gasteiger charge is -2.17. The molecule has 7 nitrogen and oxygen atoms in total. The summed E-state index contributed by atoms with van der Waals surface area (Å²) in [5.41, 5.74) is 2.12. The van der Waals surface area contributed by atoms with Gasteiger partial charge < -0.3 is 14.2 Å². The molecule has 0 spiro atoms. The third-order valence-corrected chi connectivity index (χ3v) is 4.63. The van der Waals surface area contributed by atoms with Crippen molar-refractivity contribution < 1.29 is 18.8 Å². The fraction of sp³-hybridized carbons (Fsp3) is 0.412. The van der Waals surface area contributed by atoms with Crippen LogP contribution in [0.1, 0.15) is 34.3 Å². The fourth-order valence-corrected chi connectivity index (χ4v) is 3.28. The van der Waals surface area contributed by atoms with Crippen LogP contribution in [0.15, 0.2) is 27.9 Å². The van der Waals surface area contributed by atoms with Crippen LogP contribution in [0.25, 0.3) is 0 Å². The number of ether oxygens (including phenoxy) is 1. The molecule has 0 saturated heterocycles. The number of aryl methyl sites for hydroxylation is 2. The minimum atomic E-state index is -0.858. The number of hydrogen-bond acceptors (Lipinski definition) is 7. The summed E-state index contributed by atoms with van der Waals surface area (Å²) >= 11 is 1.40. The van der Waals surface area contributed by atoms with Crippen LogP contribution >= 0.6 is 11.8 Å². The van der Waals surface area contributed by atoms with Crippen molar-refractivity contribution in [3.63, 3.8) is 0 Å². The summed E-state index contributed by atoms with van der Waals surface area (Å²) in [7, 11) is 3.23. The van der Waals surface area contributed by atoms with E-state index in [0.717, 1.165) is 17.0 Å². The van der Waals surface area contributed by atoms with Crippen molar-refractivity contribution in [1.82, 2.24) is 15.0 Å². The first-order valence-electron chi connectivity index (χ1n) is 7.73. The summed E-state index contributed by atoms with van der Waals surface area (Å²) in [5.74, 6) is 0.472. The quantitative estimate of drug-likeness (QED) is 0.576. The van der Waals surface area contributed by atoms with Gasteiger partial charge >= 0.3 is 5.97 Å². The largest absolute Gasteiger partial charge is 0.449 e. The molecule has 0 aromatic carbocycles. The Hall–Kier alpha value is -2.35. The first-order chi connectivity index (χ1) is 11.8. The Balaban J connectivity index is 2.12. The van der Waals surface area contributed by atoms with E-state index in [-0.39, 0.29) is 5.91 Å². The van der Waals surface area contributed by atoms with E-state index in [2.05, 4.69) is 10.1 Å². The number of esters is 1. The predicted molar refractivity (Wildman–Crippen MR) is 93.3 cm³/mol. The zero-order valence-corrected chi connectivity index (χ0v) is 15.7. The number of likely N-dealkylation sites (N-methyl/N-ethyl adjacent to an activating group) is 1. The number of amides is 1. The average Bonchev–Trinajstić information content (AvgIpc) is 2.90. The molecule has 0 radical (unpaired) electrons. The zero-order chi connectivity index (χ0) is 18.6. The van der Waals surface area contributed by atoms with E-state index in [0.29, 0.717) is 16.3 Å². The maximum atomic E-state index is 12.4. The molecule has 2 aromatic rings. The van der Waals surface area contributed by atoms with E-state index in [1.165, 1.54) is 16.7 Å². The molecule has 2 aromatic heterocycles. The lowest BCUT2D eigenvalue weighted by Crippen LogP contribution is -2.35. The maximum Gasteiger partial charge on any atom is 0.341 e. The monoisotopic (exact) mass is 363 g/mol. The topological polar surface area (TPSA) is 85.5 Å². The highest BCUT2D eigenvalue weighted by Gasteiger charge is 2.23. The van der Waals surface area contributed by atoms with Crippen LogP contribution in [0.5, 0.6) is 0 Å². The third kappa shape index (κ3) is 4.60. The molecule has 2 rings (SSSR count). The Bertz CT molecular complexity index is 754. The predicted octanol–water partition coefficient (Wildman–Crippen LogP) is 2.61. The first kappa shape index (κ1) is 19.0. The molecule has 0 aliphatic rings. The van der Waals surface area contributed by atoms with Gasteiger partial charge in [0.25, 0.3) is 5.91 Å². The molecule has 0 aliphatic heterocycles. The van der Waals surface area contributed by atoms with Crippen molar-refractivity contribution in [2.24, 2.45) is 0 Å². The van der Waals surface area contributed by atoms with Crippen molar-refractivity contribution in [3.8, 4) is 0 Å². The van der Waals surface area contributed by atoms with Crippen molar-refractivity contribution in [3.05, 3.63) is 40.9 Å². The molecule has 1 atom stereocenters. The molecule has 0 saturated carbocycles. The zero-order valence-electron chi connectivity index (χ0n) is 14.9. The van der Waals surface area contributed by atoms with E-state index < -0.39 is 12.1 Å². The summed E-state index contributed by atoms with van der Waals surface area (Å²) in [6.07, 6.45) is 0.754. The van der Waals surface area contributed by atoms with Gasteiger partial charge in [0, 0.05) is 31.6 Å². The van der Waals surface area contributed by atoms with E-state index >= 15 is 0 Å². The van der Waals surface area contributed by atoms with Gasteiger partial charge in [-0.15, -0.1) is 11.8 Å². The van der Waals surface area contributed by atoms with Crippen molar-refractivity contribution in [1.29, 1.82) is 0 Å². The molecule has 0 aliphatic carbocycles. The van der Waals surface area contributed by atoms with Crippen LogP contribution in [0.3, 0.4) is 0 Å². The first-order valence-corrected chi connectivity index (χ1v) is 8.71. The van der Waals surface area contributed by atoms with Gasteiger partial charge in [0.1, 0.15) is 10.8 Å². The van der Waals surface area contributed by atoms with Crippen molar-refractivity contribution in [2.45, 2.75) is 37.7 Å². The summed E-state index contributed by atoms with van der Waals surface area (Å²) in [6.45, 7) is 5.26. The molecule has 1 amide bonds. The Morgan fingerprint density at radius 1 is 1.36 bits per heavy atom. The van der Waals surface area contributed by atoms with Gasteiger partial charge in [-0.25, -0.2) is 9.78 Å². The average molecular weight is 363 g/mol. The molecule has 0 fully saturated rings. The molecule has 134 valence electrons. The number of thioether (sulfide) groups is 1. The molecule has 2 heterocycles. The maximum absolute atomic E-state index is 12.4. The van der Waals surface area contributed by atoms with Gasteiger partial charge in [0.2, 0.25) is 0 Å². The summed E-state index contributed by atoms with van der Waals surface area (Å²) in [4.78, 5) is 29.9. The van der Waals surface area contributed by atoms with Crippen LogP contribution < -0.4 is 0 Å². The number of carbonyl (C=O) groups is 2. The normalized spacial score (nSPS) is 11.9. The SMILES string of the molecule is Cc1noc(C)c1CSc1ncccc1C(=O)O[C@@H](C)C(=O)N(C)C. The number of nitrogens with zero attached hydrogens (tertiary/aromatic N) is 3. The van der Waals surface area contributed by atoms with E-state index in [1.807, 2.05) is 13.8 Å². The Morgan fingerprint density at radius 3 is 2.68 bits per heavy atom. The fourth-order valence-electron chi connectivity index (χ4n) is 2.15. The molecule has 25 heavy (non-hydrogen) atoms. The minimum Gasteiger partial charge on any atom is -0.449 e. The van der Waals surface area contributed by atoms with Gasteiger partial charge in [-0.05, 0) is 32.9 Å². The second-order valence-electron chi connectivity index (χ2n) is 5.73. The molecule has 0 bridgehead atoms. The lowest BCUT2D eigenvalue weighted by atomic mass is 10.2. The smallest absolute Gasteiger partial charge is 0.341 e. The van der Waals surface area contributed by atoms with E-state index in [9.17, 15) is 9.59 Å². The summed E-state index contributed by atoms with van der Waals surface area (Å²) < 4.78 is 10.4. The van der Waals surface area contributed by atoms with Crippen molar-refractivity contribution >= 4 is 23.6 Å². The van der Waals surface area contributed by atoms with Gasteiger partial charge in [-0.1, -0.05) is 5.16 Å². The standard InChI is InChI=1S/C17H21N3O4S/c1-10-14(11(2)24-19-10)9-25-15-13(7-6-8-18-15)17(22)23-12(3)16(21)20(4)5/h6-8,12H,9H2,1-5H3/t12-/m0/s1. The Labute approximate surface area is 150 Å². The highest BCUT2D eigenvalue weighted by atomic mass is 32.2. The van der Waals surface area contributed by atoms with Crippen LogP contribution in [0.4, 0.5) is 0 Å². The van der Waals surface area contributed by atoms with E-state index in [4.69, 9.17) is 9.26 Å². The number of pyridine rings is 1. The number of carbonyl (C=O) groups excluding carboxylic acids is 2. The molecular formula is C17H21N3O4S. The van der Waals surface area contributed by atoms with Gasteiger partial charge in [0.05, 0.1) is 11.3 Å². The number of hydrogen-bond donors (Lipinski definition) is 0. The number of aromatic nitrogens is 2. The third-order valence-electron chi connectivity index (χ3n) is 3.60. The van der Waals surface area contributed by atoms with Gasteiger partial charge in [-0.2, -0.15) is 0 Å². The Kier molecular flexibility index (Phi) is 6.19. The molecule has 0 N–H and O–H groups in total. The van der Waals surface area contributed by atoms with Crippen LogP contribution in [-0.4, -0.2) is 47.1 Å². The minimum absolute atomic E-state index is 0.276. The highest BCUT2D eigenvalue weighted by Crippen LogP contribution is 2.27. The summed E-state index contributed by atoms with van der Waals surface area (Å²) in [5, 5.41) is 4.46. The molecular weight excluding hydrogens is 342 g/mol.